The third kappa shape index (κ3) is 40.8. The Balaban J connectivity index is 2.71. The van der Waals surface area contributed by atoms with Gasteiger partial charge in [0.2, 0.25) is 0 Å². The van der Waals surface area contributed by atoms with Gasteiger partial charge in [-0.2, -0.15) is 0 Å². The molecule has 0 radical (unpaired) electrons. The van der Waals surface area contributed by atoms with Crippen molar-refractivity contribution in [1.82, 2.24) is 0 Å². The van der Waals surface area contributed by atoms with Crippen LogP contribution < -0.4 is 0 Å². The number of ether oxygens (including phenoxy) is 5. The molecule has 0 aromatic carbocycles. The van der Waals surface area contributed by atoms with Gasteiger partial charge in [0.15, 0.2) is 24.6 Å². The Morgan fingerprint density at radius 2 is 0.853 bits per heavy atom. The molecule has 0 aliphatic carbocycles. The van der Waals surface area contributed by atoms with Crippen molar-refractivity contribution in [1.29, 1.82) is 0 Å². The van der Waals surface area contributed by atoms with Crippen LogP contribution in [0.3, 0.4) is 0 Å². The number of carboxylic acids is 1. The lowest BCUT2D eigenvalue weighted by atomic mass is 9.98. The fraction of sp³-hybridized carbons (Fsp3) is 0.714. The number of carboxylic acid groups (broad SMARTS) is 1. The highest BCUT2D eigenvalue weighted by molar-refractivity contribution is 5.74. The van der Waals surface area contributed by atoms with Crippen LogP contribution in [0.15, 0.2) is 85.1 Å². The summed E-state index contributed by atoms with van der Waals surface area (Å²) in [5.41, 5.74) is 0. The second-order valence-corrected chi connectivity index (χ2v) is 19.9. The second-order valence-electron chi connectivity index (χ2n) is 19.9. The standard InChI is InChI=1S/C63H104O12/c1-4-7-10-13-16-19-22-24-26-28-30-32-35-37-40-43-46-49-55(64)71-52-54(73-56(65)50-47-44-41-38-34-21-18-15-12-9-6-3)53-72-63-61(59(68)58(67)60(75-63)62(69)70)74-57(66)51-48-45-42-39-36-33-31-29-27-25-23-20-17-14-11-8-5-2/h7,10,16-17,19-20,24-27,30,32,37,40,54,58-61,63,67-68H,4-6,8-9,11-15,18,21-23,28-29,31,33-36,38-39,41-53H2,1-3H3,(H,69,70)/b10-7-,19-16-,20-17-,26-24-,27-25-,32-30-,40-37-. The number of esters is 3. The molecule has 6 unspecified atom stereocenters. The minimum absolute atomic E-state index is 0.0442. The van der Waals surface area contributed by atoms with Crippen LogP contribution in [-0.2, 0) is 42.9 Å². The van der Waals surface area contributed by atoms with E-state index in [2.05, 4.69) is 99.8 Å². The number of hydrogen-bond acceptors (Lipinski definition) is 11. The average Bonchev–Trinajstić information content (AvgIpc) is 3.39. The average molecular weight is 1050 g/mol. The lowest BCUT2D eigenvalue weighted by molar-refractivity contribution is -0.301. The maximum Gasteiger partial charge on any atom is 0.335 e. The summed E-state index contributed by atoms with van der Waals surface area (Å²) in [6.07, 6.45) is 52.7. The number of aliphatic hydroxyl groups excluding tert-OH is 2. The van der Waals surface area contributed by atoms with Gasteiger partial charge in [-0.3, -0.25) is 14.4 Å². The highest BCUT2D eigenvalue weighted by Crippen LogP contribution is 2.26. The van der Waals surface area contributed by atoms with Gasteiger partial charge < -0.3 is 39.0 Å². The summed E-state index contributed by atoms with van der Waals surface area (Å²) in [5, 5.41) is 31.5. The quantitative estimate of drug-likeness (QED) is 0.0228. The van der Waals surface area contributed by atoms with Gasteiger partial charge in [-0.1, -0.05) is 215 Å². The Kier molecular flexibility index (Phi) is 46.6. The molecule has 0 spiro atoms. The molecule has 1 fully saturated rings. The molecule has 0 saturated carbocycles. The summed E-state index contributed by atoms with van der Waals surface area (Å²) < 4.78 is 28.3. The van der Waals surface area contributed by atoms with Crippen LogP contribution in [0.25, 0.3) is 0 Å². The number of carbonyl (C=O) groups is 4. The first-order valence-corrected chi connectivity index (χ1v) is 29.6. The zero-order chi connectivity index (χ0) is 54.7. The fourth-order valence-corrected chi connectivity index (χ4v) is 8.43. The van der Waals surface area contributed by atoms with Crippen LogP contribution in [0.5, 0.6) is 0 Å². The number of hydrogen-bond donors (Lipinski definition) is 3. The summed E-state index contributed by atoms with van der Waals surface area (Å²) in [6.45, 7) is 5.79. The van der Waals surface area contributed by atoms with Crippen molar-refractivity contribution in [3.63, 3.8) is 0 Å². The maximum atomic E-state index is 13.1. The number of unbranched alkanes of at least 4 members (excludes halogenated alkanes) is 21. The van der Waals surface area contributed by atoms with Crippen molar-refractivity contribution >= 4 is 23.9 Å². The largest absolute Gasteiger partial charge is 0.479 e. The molecular formula is C63H104O12. The van der Waals surface area contributed by atoms with Gasteiger partial charge >= 0.3 is 23.9 Å². The van der Waals surface area contributed by atoms with E-state index in [4.69, 9.17) is 23.7 Å². The van der Waals surface area contributed by atoms with Gasteiger partial charge in [-0.15, -0.1) is 0 Å². The highest BCUT2D eigenvalue weighted by atomic mass is 16.7. The minimum atomic E-state index is -1.91. The van der Waals surface area contributed by atoms with Crippen molar-refractivity contribution in [2.45, 2.75) is 276 Å². The molecule has 12 heteroatoms. The molecule has 1 aliphatic heterocycles. The molecule has 428 valence electrons. The number of aliphatic hydroxyl groups is 2. The number of aliphatic carboxylic acids is 1. The van der Waals surface area contributed by atoms with E-state index in [0.29, 0.717) is 25.7 Å². The molecule has 0 amide bonds. The number of carbonyl (C=O) groups excluding carboxylic acids is 3. The second kappa shape index (κ2) is 50.7. The van der Waals surface area contributed by atoms with Crippen LogP contribution in [0.2, 0.25) is 0 Å². The van der Waals surface area contributed by atoms with Crippen LogP contribution in [-0.4, -0.2) is 89.2 Å². The van der Waals surface area contributed by atoms with E-state index in [0.717, 1.165) is 109 Å². The minimum Gasteiger partial charge on any atom is -0.479 e. The molecule has 1 aliphatic rings. The van der Waals surface area contributed by atoms with Crippen LogP contribution in [0.1, 0.15) is 239 Å². The molecule has 12 nitrogen and oxygen atoms in total. The molecule has 1 rings (SSSR count). The highest BCUT2D eigenvalue weighted by Gasteiger charge is 2.50. The number of allylic oxidation sites excluding steroid dienone is 14. The Morgan fingerprint density at radius 1 is 0.453 bits per heavy atom. The van der Waals surface area contributed by atoms with Crippen molar-refractivity contribution in [2.24, 2.45) is 0 Å². The van der Waals surface area contributed by atoms with Gasteiger partial charge in [0.05, 0.1) is 6.61 Å². The first-order valence-electron chi connectivity index (χ1n) is 29.6. The monoisotopic (exact) mass is 1050 g/mol. The summed E-state index contributed by atoms with van der Waals surface area (Å²) in [7, 11) is 0. The maximum absolute atomic E-state index is 13.1. The van der Waals surface area contributed by atoms with Gasteiger partial charge in [-0.25, -0.2) is 4.79 Å². The van der Waals surface area contributed by atoms with Crippen LogP contribution in [0.4, 0.5) is 0 Å². The third-order valence-electron chi connectivity index (χ3n) is 13.0. The van der Waals surface area contributed by atoms with E-state index >= 15 is 0 Å². The first kappa shape index (κ1) is 68.9. The SMILES string of the molecule is CC/C=C\C/C=C\C/C=C\C/C=C\C/C=C\CCCC(=O)OCC(COC1OC(C(=O)O)C(O)C(O)C1OC(=O)CCCCCCCCC/C=C\C/C=C\CCCCC)OC(=O)CCCCCCCCCCCCC. The summed E-state index contributed by atoms with van der Waals surface area (Å²) in [5.74, 6) is -3.21. The molecule has 0 aromatic heterocycles. The zero-order valence-electron chi connectivity index (χ0n) is 47.0. The molecule has 1 saturated heterocycles. The molecule has 3 N–H and O–H groups in total. The number of rotatable bonds is 49. The predicted octanol–water partition coefficient (Wildman–Crippen LogP) is 15.1. The molecule has 1 heterocycles. The predicted molar refractivity (Wildman–Crippen MR) is 303 cm³/mol. The van der Waals surface area contributed by atoms with Gasteiger partial charge in [0.25, 0.3) is 0 Å². The van der Waals surface area contributed by atoms with E-state index in [1.807, 2.05) is 6.08 Å². The summed E-state index contributed by atoms with van der Waals surface area (Å²) in [6, 6.07) is 0. The van der Waals surface area contributed by atoms with Crippen molar-refractivity contribution in [3.8, 4) is 0 Å². The smallest absolute Gasteiger partial charge is 0.335 e. The molecule has 6 atom stereocenters. The lowest BCUT2D eigenvalue weighted by Gasteiger charge is -2.40. The topological polar surface area (TPSA) is 175 Å². The zero-order valence-corrected chi connectivity index (χ0v) is 47.0. The van der Waals surface area contributed by atoms with E-state index in [1.165, 1.54) is 64.2 Å². The molecular weight excluding hydrogens is 949 g/mol. The Hall–Kier alpha value is -4.10. The van der Waals surface area contributed by atoms with Gasteiger partial charge in [0.1, 0.15) is 18.8 Å². The Labute approximate surface area is 454 Å². The van der Waals surface area contributed by atoms with Crippen molar-refractivity contribution < 1.29 is 58.2 Å². The molecule has 0 aromatic rings. The fourth-order valence-electron chi connectivity index (χ4n) is 8.43. The van der Waals surface area contributed by atoms with Crippen molar-refractivity contribution in [3.05, 3.63) is 85.1 Å². The summed E-state index contributed by atoms with van der Waals surface area (Å²) >= 11 is 0. The van der Waals surface area contributed by atoms with E-state index in [-0.39, 0.29) is 25.9 Å². The third-order valence-corrected chi connectivity index (χ3v) is 13.0. The first-order chi connectivity index (χ1) is 36.6. The molecule has 0 bridgehead atoms. The Morgan fingerprint density at radius 3 is 1.35 bits per heavy atom. The van der Waals surface area contributed by atoms with Crippen LogP contribution >= 0.6 is 0 Å². The molecule has 75 heavy (non-hydrogen) atoms. The van der Waals surface area contributed by atoms with E-state index < -0.39 is 67.3 Å². The van der Waals surface area contributed by atoms with E-state index in [9.17, 15) is 34.5 Å². The summed E-state index contributed by atoms with van der Waals surface area (Å²) in [4.78, 5) is 51.1. The normalized spacial score (nSPS) is 18.8. The lowest BCUT2D eigenvalue weighted by Crippen LogP contribution is -2.61. The van der Waals surface area contributed by atoms with Crippen molar-refractivity contribution in [2.75, 3.05) is 13.2 Å². The van der Waals surface area contributed by atoms with Gasteiger partial charge in [0, 0.05) is 19.3 Å². The van der Waals surface area contributed by atoms with Gasteiger partial charge in [-0.05, 0) is 89.9 Å². The van der Waals surface area contributed by atoms with E-state index in [1.54, 1.807) is 0 Å². The Bertz CT molecular complexity index is 1630. The van der Waals surface area contributed by atoms with Crippen LogP contribution in [0, 0.1) is 0 Å².